The first-order valence-electron chi connectivity index (χ1n) is 5.09. The highest BCUT2D eigenvalue weighted by Crippen LogP contribution is 2.32. The molecule has 17 heavy (non-hydrogen) atoms. The Morgan fingerprint density at radius 1 is 1.24 bits per heavy atom. The highest BCUT2D eigenvalue weighted by molar-refractivity contribution is 6.00. The van der Waals surface area contributed by atoms with E-state index in [1.807, 2.05) is 6.07 Å². The van der Waals surface area contributed by atoms with Crippen molar-refractivity contribution in [1.29, 1.82) is 0 Å². The molecule has 0 aliphatic rings. The molecular formula is C12H14N2O3. The lowest BCUT2D eigenvalue weighted by atomic mass is 10.2. The molecule has 0 bridgehead atoms. The fourth-order valence-corrected chi connectivity index (χ4v) is 1.90. The molecule has 1 aromatic carbocycles. The third-order valence-corrected chi connectivity index (χ3v) is 2.81. The molecule has 0 fully saturated rings. The number of nitrogens with two attached hydrogens (primary N) is 1. The predicted molar refractivity (Wildman–Crippen MR) is 64.5 cm³/mol. The van der Waals surface area contributed by atoms with Gasteiger partial charge >= 0.3 is 0 Å². The number of nitrogens with zero attached hydrogens (tertiary/aromatic N) is 1. The third-order valence-electron chi connectivity index (χ3n) is 2.81. The summed E-state index contributed by atoms with van der Waals surface area (Å²) in [6.07, 6.45) is 0. The van der Waals surface area contributed by atoms with E-state index in [0.717, 1.165) is 10.9 Å². The van der Waals surface area contributed by atoms with Gasteiger partial charge in [0.05, 0.1) is 19.7 Å². The van der Waals surface area contributed by atoms with E-state index in [4.69, 9.17) is 15.2 Å². The number of benzene rings is 1. The molecule has 0 aliphatic heterocycles. The van der Waals surface area contributed by atoms with Crippen molar-refractivity contribution in [2.45, 2.75) is 0 Å². The standard InChI is InChI=1S/C12H14N2O3/c1-14-9-4-7(16-2)5-11(17-3)8(9)6-10(14)12(13)15/h4-6H,1-3H3,(H2,13,15). The van der Waals surface area contributed by atoms with Crippen LogP contribution in [0.2, 0.25) is 0 Å². The molecule has 0 aliphatic carbocycles. The number of amides is 1. The number of hydrogen-bond acceptors (Lipinski definition) is 3. The van der Waals surface area contributed by atoms with Crippen LogP contribution in [0.4, 0.5) is 0 Å². The van der Waals surface area contributed by atoms with Crippen molar-refractivity contribution in [3.8, 4) is 11.5 Å². The average molecular weight is 234 g/mol. The first-order chi connectivity index (χ1) is 8.08. The lowest BCUT2D eigenvalue weighted by Gasteiger charge is -2.06. The summed E-state index contributed by atoms with van der Waals surface area (Å²) >= 11 is 0. The molecule has 0 saturated carbocycles. The molecule has 5 heteroatoms. The van der Waals surface area contributed by atoms with Gasteiger partial charge in [0.2, 0.25) is 0 Å². The third kappa shape index (κ3) is 1.69. The van der Waals surface area contributed by atoms with Crippen molar-refractivity contribution in [2.75, 3.05) is 14.2 Å². The Bertz CT molecular complexity index is 587. The van der Waals surface area contributed by atoms with Gasteiger partial charge in [0.1, 0.15) is 17.2 Å². The fraction of sp³-hybridized carbons (Fsp3) is 0.250. The Hall–Kier alpha value is -2.17. The van der Waals surface area contributed by atoms with E-state index in [9.17, 15) is 4.79 Å². The second-order valence-corrected chi connectivity index (χ2v) is 3.72. The first kappa shape index (κ1) is 11.3. The highest BCUT2D eigenvalue weighted by Gasteiger charge is 2.14. The number of ether oxygens (including phenoxy) is 2. The van der Waals surface area contributed by atoms with Crippen LogP contribution >= 0.6 is 0 Å². The van der Waals surface area contributed by atoms with Gasteiger partial charge in [-0.15, -0.1) is 0 Å². The maximum absolute atomic E-state index is 11.3. The first-order valence-corrected chi connectivity index (χ1v) is 5.09. The van der Waals surface area contributed by atoms with Crippen molar-refractivity contribution < 1.29 is 14.3 Å². The fourth-order valence-electron chi connectivity index (χ4n) is 1.90. The molecule has 0 radical (unpaired) electrons. The number of hydrogen-bond donors (Lipinski definition) is 1. The summed E-state index contributed by atoms with van der Waals surface area (Å²) in [6, 6.07) is 5.33. The zero-order chi connectivity index (χ0) is 12.6. The molecule has 1 amide bonds. The maximum Gasteiger partial charge on any atom is 0.265 e. The van der Waals surface area contributed by atoms with E-state index in [0.29, 0.717) is 17.2 Å². The Kier molecular flexibility index (Phi) is 2.67. The molecule has 1 heterocycles. The molecule has 0 saturated heterocycles. The van der Waals surface area contributed by atoms with Gasteiger partial charge in [-0.1, -0.05) is 0 Å². The summed E-state index contributed by atoms with van der Waals surface area (Å²) in [5.74, 6) is 0.860. The van der Waals surface area contributed by atoms with Crippen LogP contribution in [0.15, 0.2) is 18.2 Å². The minimum Gasteiger partial charge on any atom is -0.497 e. The van der Waals surface area contributed by atoms with Crippen LogP contribution in [0.5, 0.6) is 11.5 Å². The zero-order valence-corrected chi connectivity index (χ0v) is 9.98. The van der Waals surface area contributed by atoms with Crippen LogP contribution < -0.4 is 15.2 Å². The van der Waals surface area contributed by atoms with Crippen LogP contribution in [0, 0.1) is 0 Å². The van der Waals surface area contributed by atoms with Gasteiger partial charge < -0.3 is 19.8 Å². The number of rotatable bonds is 3. The van der Waals surface area contributed by atoms with E-state index in [1.54, 1.807) is 38.0 Å². The minimum atomic E-state index is -0.468. The summed E-state index contributed by atoms with van der Waals surface area (Å²) in [5, 5.41) is 0.838. The summed E-state index contributed by atoms with van der Waals surface area (Å²) in [5.41, 5.74) is 6.59. The highest BCUT2D eigenvalue weighted by atomic mass is 16.5. The Morgan fingerprint density at radius 3 is 2.47 bits per heavy atom. The number of methoxy groups -OCH3 is 2. The van der Waals surface area contributed by atoms with Crippen molar-refractivity contribution in [1.82, 2.24) is 4.57 Å². The molecule has 1 aromatic heterocycles. The quantitative estimate of drug-likeness (QED) is 0.870. The maximum atomic E-state index is 11.3. The van der Waals surface area contributed by atoms with Crippen LogP contribution in [-0.4, -0.2) is 24.7 Å². The summed E-state index contributed by atoms with van der Waals surface area (Å²) in [7, 11) is 4.94. The Morgan fingerprint density at radius 2 is 1.94 bits per heavy atom. The van der Waals surface area contributed by atoms with Gasteiger partial charge in [-0.3, -0.25) is 4.79 Å². The molecule has 0 spiro atoms. The SMILES string of the molecule is COc1cc(OC)c2cc(C(N)=O)n(C)c2c1. The Balaban J connectivity index is 2.81. The average Bonchev–Trinajstić information content (AvgIpc) is 2.66. The molecule has 2 N–H and O–H groups in total. The molecule has 0 atom stereocenters. The summed E-state index contributed by atoms with van der Waals surface area (Å²) in [4.78, 5) is 11.3. The van der Waals surface area contributed by atoms with E-state index in [2.05, 4.69) is 0 Å². The lowest BCUT2D eigenvalue weighted by molar-refractivity contribution is 0.0993. The van der Waals surface area contributed by atoms with Gasteiger partial charge in [-0.25, -0.2) is 0 Å². The van der Waals surface area contributed by atoms with Crippen LogP contribution in [0.3, 0.4) is 0 Å². The smallest absolute Gasteiger partial charge is 0.265 e. The van der Waals surface area contributed by atoms with Crippen molar-refractivity contribution in [3.63, 3.8) is 0 Å². The second-order valence-electron chi connectivity index (χ2n) is 3.72. The van der Waals surface area contributed by atoms with Crippen LogP contribution in [-0.2, 0) is 7.05 Å². The summed E-state index contributed by atoms with van der Waals surface area (Å²) in [6.45, 7) is 0. The number of primary amides is 1. The Labute approximate surface area is 98.7 Å². The molecule has 90 valence electrons. The number of aromatic nitrogens is 1. The van der Waals surface area contributed by atoms with Crippen LogP contribution in [0.1, 0.15) is 10.5 Å². The van der Waals surface area contributed by atoms with Crippen molar-refractivity contribution in [3.05, 3.63) is 23.9 Å². The van der Waals surface area contributed by atoms with Crippen molar-refractivity contribution >= 4 is 16.8 Å². The number of aryl methyl sites for hydroxylation is 1. The van der Waals surface area contributed by atoms with E-state index in [-0.39, 0.29) is 0 Å². The lowest BCUT2D eigenvalue weighted by Crippen LogP contribution is -2.14. The largest absolute Gasteiger partial charge is 0.497 e. The van der Waals surface area contributed by atoms with Gasteiger partial charge in [0.25, 0.3) is 5.91 Å². The van der Waals surface area contributed by atoms with Crippen molar-refractivity contribution in [2.24, 2.45) is 12.8 Å². The monoisotopic (exact) mass is 234 g/mol. The van der Waals surface area contributed by atoms with Gasteiger partial charge in [-0.05, 0) is 6.07 Å². The van der Waals surface area contributed by atoms with Gasteiger partial charge in [0.15, 0.2) is 0 Å². The van der Waals surface area contributed by atoms with Crippen LogP contribution in [0.25, 0.3) is 10.9 Å². The molecule has 2 aromatic rings. The minimum absolute atomic E-state index is 0.437. The van der Waals surface area contributed by atoms with E-state index >= 15 is 0 Å². The molecule has 0 unspecified atom stereocenters. The number of carbonyl (C=O) groups is 1. The molecular weight excluding hydrogens is 220 g/mol. The van der Waals surface area contributed by atoms with E-state index < -0.39 is 5.91 Å². The molecule has 2 rings (SSSR count). The van der Waals surface area contributed by atoms with E-state index in [1.165, 1.54) is 0 Å². The molecule has 5 nitrogen and oxygen atoms in total. The van der Waals surface area contributed by atoms with Gasteiger partial charge in [-0.2, -0.15) is 0 Å². The predicted octanol–water partition coefficient (Wildman–Crippen LogP) is 1.29. The number of fused-ring (bicyclic) bond motifs is 1. The topological polar surface area (TPSA) is 66.5 Å². The zero-order valence-electron chi connectivity index (χ0n) is 9.98. The normalized spacial score (nSPS) is 10.5. The number of carbonyl (C=O) groups excluding carboxylic acids is 1. The summed E-state index contributed by atoms with van der Waals surface area (Å²) < 4.78 is 12.2. The second kappa shape index (κ2) is 4.01. The van der Waals surface area contributed by atoms with Gasteiger partial charge in [0, 0.05) is 24.6 Å².